The highest BCUT2D eigenvalue weighted by molar-refractivity contribution is 8.13. The molecule has 0 unspecified atom stereocenters. The van der Waals surface area contributed by atoms with Crippen LogP contribution in [0.3, 0.4) is 0 Å². The van der Waals surface area contributed by atoms with Gasteiger partial charge in [-0.25, -0.2) is 8.42 Å². The molecule has 1 saturated carbocycles. The molecule has 0 spiro atoms. The average molecular weight is 274 g/mol. The maximum atomic E-state index is 11.5. The summed E-state index contributed by atoms with van der Waals surface area (Å²) < 4.78 is 22.4. The van der Waals surface area contributed by atoms with Gasteiger partial charge in [0.05, 0.1) is 4.90 Å². The number of nitrogens with one attached hydrogen (secondary N) is 1. The van der Waals surface area contributed by atoms with Crippen LogP contribution in [0, 0.1) is 12.8 Å². The van der Waals surface area contributed by atoms with Crippen molar-refractivity contribution in [2.24, 2.45) is 5.92 Å². The topological polar surface area (TPSA) is 63.2 Å². The van der Waals surface area contributed by atoms with Gasteiger partial charge in [-0.3, -0.25) is 4.79 Å². The minimum atomic E-state index is -3.72. The zero-order chi connectivity index (χ0) is 12.6. The standard InChI is InChI=1S/C11H12ClNO3S/c1-7-6-9(13-11(14)8-2-3-8)4-5-10(7)17(12,15)16/h4-6,8H,2-3H2,1H3,(H,13,14). The van der Waals surface area contributed by atoms with Gasteiger partial charge in [0.2, 0.25) is 5.91 Å². The summed E-state index contributed by atoms with van der Waals surface area (Å²) in [6, 6.07) is 4.55. The van der Waals surface area contributed by atoms with Gasteiger partial charge in [-0.2, -0.15) is 0 Å². The molecule has 0 bridgehead atoms. The Hall–Kier alpha value is -1.07. The molecule has 92 valence electrons. The highest BCUT2D eigenvalue weighted by Gasteiger charge is 2.29. The number of benzene rings is 1. The second kappa shape index (κ2) is 4.31. The third kappa shape index (κ3) is 2.98. The fourth-order valence-electron chi connectivity index (χ4n) is 1.59. The van der Waals surface area contributed by atoms with Crippen LogP contribution >= 0.6 is 10.7 Å². The van der Waals surface area contributed by atoms with Gasteiger partial charge in [-0.15, -0.1) is 0 Å². The molecule has 2 rings (SSSR count). The molecule has 1 fully saturated rings. The molecule has 1 aromatic carbocycles. The highest BCUT2D eigenvalue weighted by Crippen LogP contribution is 2.30. The first kappa shape index (κ1) is 12.4. The third-order valence-electron chi connectivity index (χ3n) is 2.65. The van der Waals surface area contributed by atoms with E-state index in [-0.39, 0.29) is 16.7 Å². The summed E-state index contributed by atoms with van der Waals surface area (Å²) >= 11 is 0. The maximum absolute atomic E-state index is 11.5. The van der Waals surface area contributed by atoms with E-state index in [4.69, 9.17) is 10.7 Å². The number of hydrogen-bond acceptors (Lipinski definition) is 3. The first-order chi connectivity index (χ1) is 7.88. The molecular formula is C11H12ClNO3S. The molecule has 1 aromatic rings. The molecule has 1 N–H and O–H groups in total. The predicted molar refractivity (Wildman–Crippen MR) is 65.6 cm³/mol. The Morgan fingerprint density at radius 3 is 2.53 bits per heavy atom. The summed E-state index contributed by atoms with van der Waals surface area (Å²) in [5.41, 5.74) is 1.12. The van der Waals surface area contributed by atoms with Crippen molar-refractivity contribution in [2.75, 3.05) is 5.32 Å². The van der Waals surface area contributed by atoms with E-state index in [0.717, 1.165) is 12.8 Å². The van der Waals surface area contributed by atoms with E-state index in [2.05, 4.69) is 5.32 Å². The second-order valence-corrected chi connectivity index (χ2v) is 6.72. The lowest BCUT2D eigenvalue weighted by molar-refractivity contribution is -0.117. The molecule has 0 atom stereocenters. The molecule has 0 heterocycles. The average Bonchev–Trinajstić information content (AvgIpc) is 2.98. The summed E-state index contributed by atoms with van der Waals surface area (Å²) in [6.45, 7) is 1.64. The number of amides is 1. The van der Waals surface area contributed by atoms with Crippen LogP contribution in [0.5, 0.6) is 0 Å². The lowest BCUT2D eigenvalue weighted by atomic mass is 10.2. The summed E-state index contributed by atoms with van der Waals surface area (Å²) in [6.07, 6.45) is 1.86. The molecule has 0 aromatic heterocycles. The monoisotopic (exact) mass is 273 g/mol. The molecule has 6 heteroatoms. The molecule has 1 aliphatic rings. The minimum absolute atomic E-state index is 0.00844. The van der Waals surface area contributed by atoms with Crippen molar-refractivity contribution < 1.29 is 13.2 Å². The van der Waals surface area contributed by atoms with E-state index in [1.165, 1.54) is 6.07 Å². The summed E-state index contributed by atoms with van der Waals surface area (Å²) in [4.78, 5) is 11.6. The van der Waals surface area contributed by atoms with Crippen LogP contribution in [-0.2, 0) is 13.8 Å². The van der Waals surface area contributed by atoms with Gasteiger partial charge >= 0.3 is 0 Å². The van der Waals surface area contributed by atoms with Gasteiger partial charge in [0.25, 0.3) is 9.05 Å². The van der Waals surface area contributed by atoms with Crippen molar-refractivity contribution in [3.05, 3.63) is 23.8 Å². The zero-order valence-electron chi connectivity index (χ0n) is 9.23. The smallest absolute Gasteiger partial charge is 0.261 e. The van der Waals surface area contributed by atoms with Crippen LogP contribution in [0.25, 0.3) is 0 Å². The van der Waals surface area contributed by atoms with Gasteiger partial charge < -0.3 is 5.32 Å². The Balaban J connectivity index is 2.21. The van der Waals surface area contributed by atoms with E-state index in [9.17, 15) is 13.2 Å². The fourth-order valence-corrected chi connectivity index (χ4v) is 2.78. The number of carbonyl (C=O) groups is 1. The van der Waals surface area contributed by atoms with Crippen molar-refractivity contribution in [2.45, 2.75) is 24.7 Å². The fraction of sp³-hybridized carbons (Fsp3) is 0.364. The summed E-state index contributed by atoms with van der Waals surface area (Å²) in [7, 11) is 1.54. The molecule has 0 saturated heterocycles. The summed E-state index contributed by atoms with van der Waals surface area (Å²) in [5, 5.41) is 2.75. The van der Waals surface area contributed by atoms with Crippen molar-refractivity contribution >= 4 is 31.3 Å². The zero-order valence-corrected chi connectivity index (χ0v) is 10.8. The van der Waals surface area contributed by atoms with Gasteiger partial charge in [0.15, 0.2) is 0 Å². The van der Waals surface area contributed by atoms with Gasteiger partial charge in [0.1, 0.15) is 0 Å². The quantitative estimate of drug-likeness (QED) is 0.860. The molecule has 1 amide bonds. The first-order valence-electron chi connectivity index (χ1n) is 5.24. The summed E-state index contributed by atoms with van der Waals surface area (Å²) in [5.74, 6) is 0.109. The number of anilines is 1. The van der Waals surface area contributed by atoms with Crippen LogP contribution in [-0.4, -0.2) is 14.3 Å². The van der Waals surface area contributed by atoms with E-state index in [0.29, 0.717) is 11.3 Å². The Morgan fingerprint density at radius 1 is 1.41 bits per heavy atom. The maximum Gasteiger partial charge on any atom is 0.261 e. The van der Waals surface area contributed by atoms with E-state index in [1.54, 1.807) is 19.1 Å². The Morgan fingerprint density at radius 2 is 2.06 bits per heavy atom. The normalized spacial score (nSPS) is 15.6. The van der Waals surface area contributed by atoms with E-state index in [1.807, 2.05) is 0 Å². The van der Waals surface area contributed by atoms with Crippen molar-refractivity contribution in [1.29, 1.82) is 0 Å². The molecule has 1 aliphatic carbocycles. The van der Waals surface area contributed by atoms with Gasteiger partial charge in [0, 0.05) is 22.3 Å². The Kier molecular flexibility index (Phi) is 3.14. The van der Waals surface area contributed by atoms with Crippen molar-refractivity contribution in [1.82, 2.24) is 0 Å². The highest BCUT2D eigenvalue weighted by atomic mass is 35.7. The van der Waals surface area contributed by atoms with Crippen molar-refractivity contribution in [3.8, 4) is 0 Å². The SMILES string of the molecule is Cc1cc(NC(=O)C2CC2)ccc1S(=O)(=O)Cl. The van der Waals surface area contributed by atoms with Gasteiger partial charge in [-0.05, 0) is 43.5 Å². The second-order valence-electron chi connectivity index (χ2n) is 4.18. The van der Waals surface area contributed by atoms with E-state index >= 15 is 0 Å². The lowest BCUT2D eigenvalue weighted by Gasteiger charge is -2.07. The third-order valence-corrected chi connectivity index (χ3v) is 4.14. The first-order valence-corrected chi connectivity index (χ1v) is 7.55. The van der Waals surface area contributed by atoms with Crippen LogP contribution < -0.4 is 5.32 Å². The van der Waals surface area contributed by atoms with Crippen LogP contribution in [0.1, 0.15) is 18.4 Å². The number of aryl methyl sites for hydroxylation is 1. The molecule has 4 nitrogen and oxygen atoms in total. The number of halogens is 1. The molecule has 0 radical (unpaired) electrons. The Bertz CT molecular complexity index is 564. The lowest BCUT2D eigenvalue weighted by Crippen LogP contribution is -2.13. The Labute approximate surface area is 104 Å². The van der Waals surface area contributed by atoms with Crippen molar-refractivity contribution in [3.63, 3.8) is 0 Å². The van der Waals surface area contributed by atoms with Crippen LogP contribution in [0.2, 0.25) is 0 Å². The molecule has 0 aliphatic heterocycles. The van der Waals surface area contributed by atoms with Crippen LogP contribution in [0.15, 0.2) is 23.1 Å². The largest absolute Gasteiger partial charge is 0.326 e. The van der Waals surface area contributed by atoms with Gasteiger partial charge in [-0.1, -0.05) is 0 Å². The number of carbonyl (C=O) groups excluding carboxylic acids is 1. The molecule has 17 heavy (non-hydrogen) atoms. The number of rotatable bonds is 3. The van der Waals surface area contributed by atoms with Crippen LogP contribution in [0.4, 0.5) is 5.69 Å². The minimum Gasteiger partial charge on any atom is -0.326 e. The number of hydrogen-bond donors (Lipinski definition) is 1. The predicted octanol–water partition coefficient (Wildman–Crippen LogP) is 2.27. The molecular weight excluding hydrogens is 262 g/mol. The van der Waals surface area contributed by atoms with E-state index < -0.39 is 9.05 Å².